The summed E-state index contributed by atoms with van der Waals surface area (Å²) in [4.78, 5) is 20.5. The van der Waals surface area contributed by atoms with E-state index in [9.17, 15) is 4.79 Å². The second-order valence-electron chi connectivity index (χ2n) is 6.44. The number of aromatic nitrogens is 2. The average Bonchev–Trinajstić information content (AvgIpc) is 3.03. The van der Waals surface area contributed by atoms with E-state index < -0.39 is 6.10 Å². The van der Waals surface area contributed by atoms with Crippen LogP contribution in [-0.2, 0) is 4.79 Å². The van der Waals surface area contributed by atoms with E-state index in [1.165, 1.54) is 0 Å². The van der Waals surface area contributed by atoms with Crippen LogP contribution < -0.4 is 10.1 Å². The topological polar surface area (TPSA) is 67.0 Å². The minimum absolute atomic E-state index is 0.164. The van der Waals surface area contributed by atoms with E-state index in [0.29, 0.717) is 5.75 Å². The largest absolute Gasteiger partial charge is 0.481 e. The van der Waals surface area contributed by atoms with Crippen molar-refractivity contribution in [1.82, 2.24) is 15.3 Å². The molecule has 130 valence electrons. The molecule has 0 spiro atoms. The lowest BCUT2D eigenvalue weighted by atomic mass is 10.0. The predicted molar refractivity (Wildman–Crippen MR) is 98.3 cm³/mol. The third kappa shape index (κ3) is 3.99. The molecule has 0 aliphatic rings. The van der Waals surface area contributed by atoms with Crippen LogP contribution in [0.3, 0.4) is 0 Å². The lowest BCUT2D eigenvalue weighted by Gasteiger charge is -2.23. The number of hydrogen-bond donors (Lipinski definition) is 2. The van der Waals surface area contributed by atoms with E-state index in [-0.39, 0.29) is 17.9 Å². The highest BCUT2D eigenvalue weighted by Crippen LogP contribution is 2.22. The van der Waals surface area contributed by atoms with Crippen LogP contribution in [0.15, 0.2) is 54.6 Å². The fraction of sp³-hybridized carbons (Fsp3) is 0.300. The molecule has 2 N–H and O–H groups in total. The standard InChI is InChI=1S/C20H23N3O2/c1-13(2)18(19-21-16-11-7-8-12-17(16)22-19)23-20(24)14(3)25-15-9-5-4-6-10-15/h4-14,18H,1-3H3,(H,21,22)(H,23,24). The molecule has 2 atom stereocenters. The number of fused-ring (bicyclic) bond motifs is 1. The summed E-state index contributed by atoms with van der Waals surface area (Å²) in [6.07, 6.45) is -0.590. The maximum absolute atomic E-state index is 12.6. The Morgan fingerprint density at radius 2 is 1.72 bits per heavy atom. The Hall–Kier alpha value is -2.82. The summed E-state index contributed by atoms with van der Waals surface area (Å²) < 4.78 is 5.71. The Morgan fingerprint density at radius 3 is 2.40 bits per heavy atom. The number of hydrogen-bond acceptors (Lipinski definition) is 3. The van der Waals surface area contributed by atoms with Crippen LogP contribution in [0.2, 0.25) is 0 Å². The first-order valence-electron chi connectivity index (χ1n) is 8.51. The summed E-state index contributed by atoms with van der Waals surface area (Å²) in [5, 5.41) is 3.06. The fourth-order valence-corrected chi connectivity index (χ4v) is 2.70. The Labute approximate surface area is 147 Å². The van der Waals surface area contributed by atoms with Crippen molar-refractivity contribution < 1.29 is 9.53 Å². The molecule has 25 heavy (non-hydrogen) atoms. The van der Waals surface area contributed by atoms with E-state index in [1.807, 2.05) is 54.6 Å². The maximum Gasteiger partial charge on any atom is 0.261 e. The number of benzene rings is 2. The smallest absolute Gasteiger partial charge is 0.261 e. The third-order valence-electron chi connectivity index (χ3n) is 4.09. The highest BCUT2D eigenvalue weighted by Gasteiger charge is 2.25. The van der Waals surface area contributed by atoms with E-state index in [2.05, 4.69) is 29.1 Å². The number of aromatic amines is 1. The normalized spacial score (nSPS) is 13.6. The zero-order valence-electron chi connectivity index (χ0n) is 14.7. The zero-order valence-corrected chi connectivity index (χ0v) is 14.7. The summed E-state index contributed by atoms with van der Waals surface area (Å²) in [6.45, 7) is 5.86. The number of H-pyrrole nitrogens is 1. The van der Waals surface area contributed by atoms with E-state index >= 15 is 0 Å². The lowest BCUT2D eigenvalue weighted by Crippen LogP contribution is -2.40. The van der Waals surface area contributed by atoms with Crippen molar-refractivity contribution in [3.8, 4) is 5.75 Å². The highest BCUT2D eigenvalue weighted by molar-refractivity contribution is 5.81. The first-order valence-corrected chi connectivity index (χ1v) is 8.51. The number of carbonyl (C=O) groups excluding carboxylic acids is 1. The van der Waals surface area contributed by atoms with Gasteiger partial charge in [-0.1, -0.05) is 44.2 Å². The molecule has 0 fully saturated rings. The maximum atomic E-state index is 12.6. The van der Waals surface area contributed by atoms with Gasteiger partial charge in [0.15, 0.2) is 6.10 Å². The van der Waals surface area contributed by atoms with Crippen LogP contribution in [0.25, 0.3) is 11.0 Å². The number of ether oxygens (including phenoxy) is 1. The van der Waals surface area contributed by atoms with Crippen molar-refractivity contribution in [2.45, 2.75) is 32.9 Å². The van der Waals surface area contributed by atoms with Crippen LogP contribution in [-0.4, -0.2) is 22.0 Å². The van der Waals surface area contributed by atoms with Gasteiger partial charge >= 0.3 is 0 Å². The summed E-state index contributed by atoms with van der Waals surface area (Å²) >= 11 is 0. The minimum atomic E-state index is -0.590. The molecule has 0 aliphatic carbocycles. The van der Waals surface area contributed by atoms with Gasteiger partial charge in [-0.25, -0.2) is 4.98 Å². The number of nitrogens with zero attached hydrogens (tertiary/aromatic N) is 1. The molecule has 1 aromatic heterocycles. The SMILES string of the molecule is CC(Oc1ccccc1)C(=O)NC(c1nc2ccccc2[nH]1)C(C)C. The molecule has 5 heteroatoms. The van der Waals surface area contributed by atoms with Crippen LogP contribution >= 0.6 is 0 Å². The first-order chi connectivity index (χ1) is 12.0. The van der Waals surface area contributed by atoms with Gasteiger partial charge in [-0.2, -0.15) is 0 Å². The number of para-hydroxylation sites is 3. The molecular weight excluding hydrogens is 314 g/mol. The van der Waals surface area contributed by atoms with Crippen molar-refractivity contribution in [2.24, 2.45) is 5.92 Å². The van der Waals surface area contributed by atoms with Crippen molar-refractivity contribution in [3.63, 3.8) is 0 Å². The quantitative estimate of drug-likeness (QED) is 0.718. The van der Waals surface area contributed by atoms with Gasteiger partial charge in [-0.15, -0.1) is 0 Å². The molecule has 1 amide bonds. The van der Waals surface area contributed by atoms with Crippen molar-refractivity contribution >= 4 is 16.9 Å². The molecule has 0 saturated heterocycles. The molecule has 3 rings (SSSR count). The zero-order chi connectivity index (χ0) is 17.8. The second kappa shape index (κ2) is 7.38. The van der Waals surface area contributed by atoms with Crippen LogP contribution in [0.4, 0.5) is 0 Å². The first kappa shape index (κ1) is 17.0. The fourth-order valence-electron chi connectivity index (χ4n) is 2.70. The molecule has 0 bridgehead atoms. The Balaban J connectivity index is 1.73. The summed E-state index contributed by atoms with van der Waals surface area (Å²) in [5.41, 5.74) is 1.86. The van der Waals surface area contributed by atoms with Gasteiger partial charge in [0.25, 0.3) is 5.91 Å². The average molecular weight is 337 g/mol. The Morgan fingerprint density at radius 1 is 1.04 bits per heavy atom. The summed E-state index contributed by atoms with van der Waals surface area (Å²) in [5.74, 6) is 1.46. The van der Waals surface area contributed by atoms with E-state index in [0.717, 1.165) is 16.9 Å². The monoisotopic (exact) mass is 337 g/mol. The predicted octanol–water partition coefficient (Wildman–Crippen LogP) is 3.84. The molecular formula is C20H23N3O2. The van der Waals surface area contributed by atoms with Crippen molar-refractivity contribution in [3.05, 3.63) is 60.4 Å². The number of imidazole rings is 1. The minimum Gasteiger partial charge on any atom is -0.481 e. The molecule has 2 aromatic carbocycles. The van der Waals surface area contributed by atoms with Crippen LogP contribution in [0.1, 0.15) is 32.6 Å². The molecule has 3 aromatic rings. The van der Waals surface area contributed by atoms with Crippen LogP contribution in [0.5, 0.6) is 5.75 Å². The Kier molecular flexibility index (Phi) is 5.03. The Bertz CT molecular complexity index is 809. The van der Waals surface area contributed by atoms with Crippen molar-refractivity contribution in [1.29, 1.82) is 0 Å². The van der Waals surface area contributed by atoms with Gasteiger partial charge in [0.2, 0.25) is 0 Å². The van der Waals surface area contributed by atoms with Gasteiger partial charge < -0.3 is 15.0 Å². The summed E-state index contributed by atoms with van der Waals surface area (Å²) in [7, 11) is 0. The van der Waals surface area contributed by atoms with Gasteiger partial charge in [-0.3, -0.25) is 4.79 Å². The summed E-state index contributed by atoms with van der Waals surface area (Å²) in [6, 6.07) is 17.0. The molecule has 0 radical (unpaired) electrons. The number of nitrogens with one attached hydrogen (secondary N) is 2. The molecule has 0 saturated carbocycles. The van der Waals surface area contributed by atoms with E-state index in [4.69, 9.17) is 4.74 Å². The molecule has 2 unspecified atom stereocenters. The van der Waals surface area contributed by atoms with Crippen molar-refractivity contribution in [2.75, 3.05) is 0 Å². The van der Waals surface area contributed by atoms with Gasteiger partial charge in [0.05, 0.1) is 17.1 Å². The second-order valence-corrected chi connectivity index (χ2v) is 6.44. The van der Waals surface area contributed by atoms with E-state index in [1.54, 1.807) is 6.92 Å². The molecule has 0 aliphatic heterocycles. The highest BCUT2D eigenvalue weighted by atomic mass is 16.5. The number of rotatable bonds is 6. The lowest BCUT2D eigenvalue weighted by molar-refractivity contribution is -0.128. The number of carbonyl (C=O) groups is 1. The number of amides is 1. The van der Waals surface area contributed by atoms with Gasteiger partial charge in [0.1, 0.15) is 11.6 Å². The van der Waals surface area contributed by atoms with Crippen LogP contribution in [0, 0.1) is 5.92 Å². The molecule has 5 nitrogen and oxygen atoms in total. The van der Waals surface area contributed by atoms with Gasteiger partial charge in [0, 0.05) is 0 Å². The van der Waals surface area contributed by atoms with Gasteiger partial charge in [-0.05, 0) is 37.1 Å². The molecule has 1 heterocycles. The third-order valence-corrected chi connectivity index (χ3v) is 4.09.